The zero-order valence-electron chi connectivity index (χ0n) is 28.2. The minimum Gasteiger partial charge on any atom is -0.507 e. The molecule has 1 aliphatic carbocycles. The summed E-state index contributed by atoms with van der Waals surface area (Å²) in [4.78, 5) is 21.8. The van der Waals surface area contributed by atoms with Crippen molar-refractivity contribution >= 4 is 43.6 Å². The van der Waals surface area contributed by atoms with E-state index in [1.807, 2.05) is 106 Å². The van der Waals surface area contributed by atoms with Gasteiger partial charge in [-0.05, 0) is 24.3 Å². The molecule has 0 saturated heterocycles. The molecule has 0 aliphatic heterocycles. The monoisotopic (exact) mass is 694 g/mol. The van der Waals surface area contributed by atoms with Crippen molar-refractivity contribution in [1.82, 2.24) is 9.13 Å². The highest BCUT2D eigenvalue weighted by molar-refractivity contribution is 6.10. The number of phenols is 4. The number of para-hydroxylation sites is 4. The molecule has 10 heteroatoms. The first-order chi connectivity index (χ1) is 25.4. The summed E-state index contributed by atoms with van der Waals surface area (Å²) in [6.07, 6.45) is -1.87. The smallest absolute Gasteiger partial charge is 0.125 e. The van der Waals surface area contributed by atoms with E-state index in [2.05, 4.69) is 0 Å². The highest BCUT2D eigenvalue weighted by atomic mass is 17.2. The standard InChI is InChI=1S/C42H34N2O8/c1-49-51-41-39(37-33(45)19-23(20-34(37)46)43-29-15-7-3-11-25(29)26-12-4-8-16-30(26)43)42(52-50-2)40(41)38-35(47)21-24(22-36(38)48)44-31-17-9-5-13-27(31)28-14-6-10-18-32(28)44/h3-22,39-42,45-48H,1-2H3. The molecule has 0 radical (unpaired) electrons. The largest absolute Gasteiger partial charge is 0.507 e. The van der Waals surface area contributed by atoms with Crippen molar-refractivity contribution < 1.29 is 40.0 Å². The van der Waals surface area contributed by atoms with Gasteiger partial charge in [-0.25, -0.2) is 19.6 Å². The molecule has 52 heavy (non-hydrogen) atoms. The average Bonchev–Trinajstić information content (AvgIpc) is 3.67. The molecule has 0 atom stereocenters. The van der Waals surface area contributed by atoms with Gasteiger partial charge in [0.25, 0.3) is 0 Å². The number of aromatic hydroxyl groups is 4. The number of fused-ring (bicyclic) bond motifs is 6. The molecule has 2 aromatic heterocycles. The third-order valence-electron chi connectivity index (χ3n) is 10.4. The van der Waals surface area contributed by atoms with Gasteiger partial charge in [-0.1, -0.05) is 72.8 Å². The number of phenolic OH excluding ortho intramolecular Hbond substituents is 4. The second-order valence-electron chi connectivity index (χ2n) is 13.0. The van der Waals surface area contributed by atoms with E-state index >= 15 is 0 Å². The predicted octanol–water partition coefficient (Wildman–Crippen LogP) is 8.48. The Morgan fingerprint density at radius 3 is 0.962 bits per heavy atom. The topological polar surface area (TPSA) is 128 Å². The van der Waals surface area contributed by atoms with Gasteiger partial charge in [0.05, 0.1) is 59.5 Å². The Balaban J connectivity index is 1.14. The van der Waals surface area contributed by atoms with Gasteiger partial charge >= 0.3 is 0 Å². The Hall–Kier alpha value is -6.04. The molecular weight excluding hydrogens is 660 g/mol. The van der Waals surface area contributed by atoms with E-state index in [1.165, 1.54) is 14.2 Å². The number of nitrogens with zero attached hydrogens (tertiary/aromatic N) is 2. The van der Waals surface area contributed by atoms with Gasteiger partial charge in [0.15, 0.2) is 0 Å². The third-order valence-corrected chi connectivity index (χ3v) is 10.4. The molecule has 260 valence electrons. The van der Waals surface area contributed by atoms with Crippen molar-refractivity contribution in [2.24, 2.45) is 0 Å². The van der Waals surface area contributed by atoms with E-state index in [4.69, 9.17) is 19.6 Å². The van der Waals surface area contributed by atoms with Crippen LogP contribution in [0.25, 0.3) is 55.0 Å². The molecule has 0 amide bonds. The Kier molecular flexibility index (Phi) is 7.56. The second-order valence-corrected chi connectivity index (χ2v) is 13.0. The lowest BCUT2D eigenvalue weighted by Gasteiger charge is -2.49. The lowest BCUT2D eigenvalue weighted by molar-refractivity contribution is -0.390. The van der Waals surface area contributed by atoms with Crippen LogP contribution in [0, 0.1) is 0 Å². The van der Waals surface area contributed by atoms with Crippen LogP contribution in [0.15, 0.2) is 121 Å². The van der Waals surface area contributed by atoms with Crippen molar-refractivity contribution in [3.8, 4) is 34.4 Å². The van der Waals surface area contributed by atoms with Gasteiger partial charge < -0.3 is 29.6 Å². The molecule has 2 heterocycles. The highest BCUT2D eigenvalue weighted by Gasteiger charge is 2.58. The Labute approximate surface area is 297 Å². The fourth-order valence-corrected chi connectivity index (χ4v) is 8.35. The Morgan fingerprint density at radius 2 is 0.692 bits per heavy atom. The normalized spacial score (nSPS) is 18.8. The van der Waals surface area contributed by atoms with Gasteiger partial charge in [0.2, 0.25) is 0 Å². The molecule has 9 rings (SSSR count). The zero-order valence-corrected chi connectivity index (χ0v) is 28.2. The van der Waals surface area contributed by atoms with Crippen LogP contribution in [0.2, 0.25) is 0 Å². The molecule has 4 N–H and O–H groups in total. The average molecular weight is 695 g/mol. The summed E-state index contributed by atoms with van der Waals surface area (Å²) in [5.74, 6) is -2.50. The van der Waals surface area contributed by atoms with Crippen LogP contribution >= 0.6 is 0 Å². The van der Waals surface area contributed by atoms with Crippen molar-refractivity contribution in [2.75, 3.05) is 14.2 Å². The molecule has 0 unspecified atom stereocenters. The van der Waals surface area contributed by atoms with Gasteiger partial charge in [-0.15, -0.1) is 0 Å². The first-order valence-electron chi connectivity index (χ1n) is 16.9. The molecule has 0 bridgehead atoms. The van der Waals surface area contributed by atoms with Gasteiger partial charge in [0, 0.05) is 56.9 Å². The maximum atomic E-state index is 11.6. The molecule has 1 aliphatic rings. The quantitative estimate of drug-likeness (QED) is 0.0922. The molecule has 1 fully saturated rings. The van der Waals surface area contributed by atoms with Crippen LogP contribution in [0.5, 0.6) is 23.0 Å². The number of hydrogen-bond donors (Lipinski definition) is 4. The first-order valence-corrected chi connectivity index (χ1v) is 16.9. The van der Waals surface area contributed by atoms with Crippen LogP contribution in [0.4, 0.5) is 0 Å². The number of hydrogen-bond acceptors (Lipinski definition) is 8. The van der Waals surface area contributed by atoms with Gasteiger partial charge in [-0.2, -0.15) is 0 Å². The molecule has 0 spiro atoms. The fraction of sp³-hybridized carbons (Fsp3) is 0.143. The maximum absolute atomic E-state index is 11.6. The van der Waals surface area contributed by atoms with E-state index in [0.717, 1.165) is 43.6 Å². The summed E-state index contributed by atoms with van der Waals surface area (Å²) in [5, 5.41) is 50.7. The Bertz CT molecular complexity index is 2320. The van der Waals surface area contributed by atoms with Crippen LogP contribution in [-0.4, -0.2) is 56.0 Å². The molecule has 1 saturated carbocycles. The second kappa shape index (κ2) is 12.3. The first kappa shape index (κ1) is 31.9. The third kappa shape index (κ3) is 4.66. The summed E-state index contributed by atoms with van der Waals surface area (Å²) in [6, 6.07) is 38.1. The molecule has 10 nitrogen and oxygen atoms in total. The lowest BCUT2D eigenvalue weighted by Crippen LogP contribution is -2.54. The van der Waals surface area contributed by atoms with Crippen LogP contribution in [0.1, 0.15) is 23.0 Å². The molecule has 8 aromatic rings. The Morgan fingerprint density at radius 1 is 0.423 bits per heavy atom. The van der Waals surface area contributed by atoms with Crippen molar-refractivity contribution in [2.45, 2.75) is 24.0 Å². The minimum atomic E-state index is -0.933. The van der Waals surface area contributed by atoms with E-state index in [9.17, 15) is 20.4 Å². The number of rotatable bonds is 8. The van der Waals surface area contributed by atoms with E-state index in [1.54, 1.807) is 24.3 Å². The summed E-state index contributed by atoms with van der Waals surface area (Å²) >= 11 is 0. The SMILES string of the molecule is COOC1C(c2c(O)cc(-n3c4ccccc4c4ccccc43)cc2O)C(OOC)C1c1c(O)cc(-n2c3ccccc3c3ccccc32)cc1O. The summed E-state index contributed by atoms with van der Waals surface area (Å²) < 4.78 is 3.97. The van der Waals surface area contributed by atoms with E-state index < -0.39 is 24.0 Å². The summed E-state index contributed by atoms with van der Waals surface area (Å²) in [6.45, 7) is 0. The fourth-order valence-electron chi connectivity index (χ4n) is 8.35. The molecular formula is C42H34N2O8. The number of aromatic nitrogens is 2. The summed E-state index contributed by atoms with van der Waals surface area (Å²) in [7, 11) is 2.68. The van der Waals surface area contributed by atoms with E-state index in [-0.39, 0.29) is 34.1 Å². The van der Waals surface area contributed by atoms with Gasteiger partial charge in [0.1, 0.15) is 35.2 Å². The number of benzene rings is 6. The van der Waals surface area contributed by atoms with Gasteiger partial charge in [-0.3, -0.25) is 0 Å². The van der Waals surface area contributed by atoms with Crippen molar-refractivity contribution in [1.29, 1.82) is 0 Å². The highest BCUT2D eigenvalue weighted by Crippen LogP contribution is 2.59. The van der Waals surface area contributed by atoms with Crippen LogP contribution in [-0.2, 0) is 19.6 Å². The zero-order chi connectivity index (χ0) is 35.7. The maximum Gasteiger partial charge on any atom is 0.125 e. The van der Waals surface area contributed by atoms with Crippen molar-refractivity contribution in [3.63, 3.8) is 0 Å². The summed E-state index contributed by atoms with van der Waals surface area (Å²) in [5.41, 5.74) is 5.04. The lowest BCUT2D eigenvalue weighted by atomic mass is 9.62. The predicted molar refractivity (Wildman–Crippen MR) is 197 cm³/mol. The van der Waals surface area contributed by atoms with Crippen molar-refractivity contribution in [3.05, 3.63) is 132 Å². The minimum absolute atomic E-state index is 0.144. The van der Waals surface area contributed by atoms with Crippen LogP contribution < -0.4 is 0 Å². The molecule has 6 aromatic carbocycles. The van der Waals surface area contributed by atoms with E-state index in [0.29, 0.717) is 11.4 Å². The van der Waals surface area contributed by atoms with Crippen LogP contribution in [0.3, 0.4) is 0 Å².